The molecule has 0 aliphatic heterocycles. The van der Waals surface area contributed by atoms with Crippen LogP contribution in [0.15, 0.2) is 37.1 Å². The first-order valence-corrected chi connectivity index (χ1v) is 8.67. The summed E-state index contributed by atoms with van der Waals surface area (Å²) in [6, 6.07) is 3.94. The first-order chi connectivity index (χ1) is 11.4. The van der Waals surface area contributed by atoms with E-state index in [0.717, 1.165) is 18.2 Å². The first-order valence-electron chi connectivity index (χ1n) is 8.67. The highest BCUT2D eigenvalue weighted by Gasteiger charge is 2.61. The van der Waals surface area contributed by atoms with Gasteiger partial charge in [-0.2, -0.15) is 0 Å². The van der Waals surface area contributed by atoms with Crippen LogP contribution in [-0.4, -0.2) is 26.5 Å². The number of hydrogen-bond acceptors (Lipinski definition) is 3. The molecule has 4 rings (SSSR count). The Kier molecular flexibility index (Phi) is 3.31. The van der Waals surface area contributed by atoms with E-state index >= 15 is 0 Å². The van der Waals surface area contributed by atoms with Gasteiger partial charge in [0.15, 0.2) is 0 Å². The third-order valence-corrected chi connectivity index (χ3v) is 6.88. The molecule has 2 bridgehead atoms. The van der Waals surface area contributed by atoms with Crippen LogP contribution in [0.3, 0.4) is 0 Å². The lowest BCUT2D eigenvalue weighted by Crippen LogP contribution is -2.46. The lowest BCUT2D eigenvalue weighted by Gasteiger charge is -2.39. The van der Waals surface area contributed by atoms with Crippen LogP contribution in [0.1, 0.15) is 50.4 Å². The van der Waals surface area contributed by atoms with Gasteiger partial charge in [0.1, 0.15) is 12.1 Å². The van der Waals surface area contributed by atoms with E-state index in [2.05, 4.69) is 36.1 Å². The third-order valence-electron chi connectivity index (χ3n) is 6.88. The number of rotatable bonds is 3. The Labute approximate surface area is 142 Å². The summed E-state index contributed by atoms with van der Waals surface area (Å²) < 4.78 is 1.82. The molecule has 5 heteroatoms. The molecule has 2 aliphatic carbocycles. The molecule has 2 heterocycles. The average molecular weight is 324 g/mol. The van der Waals surface area contributed by atoms with Crippen LogP contribution in [0, 0.1) is 16.7 Å². The topological polar surface area (TPSA) is 59.8 Å². The van der Waals surface area contributed by atoms with Crippen molar-refractivity contribution >= 4 is 5.91 Å². The molecular formula is C19H24N4O. The third kappa shape index (κ3) is 2.10. The molecule has 3 unspecified atom stereocenters. The summed E-state index contributed by atoms with van der Waals surface area (Å²) in [4.78, 5) is 21.0. The van der Waals surface area contributed by atoms with Crippen molar-refractivity contribution in [3.05, 3.63) is 42.6 Å². The molecule has 2 fully saturated rings. The van der Waals surface area contributed by atoms with Gasteiger partial charge >= 0.3 is 0 Å². The maximum atomic E-state index is 12.7. The lowest BCUT2D eigenvalue weighted by atomic mass is 9.69. The molecule has 1 amide bonds. The molecule has 2 aromatic heterocycles. The van der Waals surface area contributed by atoms with Crippen molar-refractivity contribution < 1.29 is 4.79 Å². The Morgan fingerprint density at radius 2 is 2.17 bits per heavy atom. The number of carbonyl (C=O) groups excluding carboxylic acids is 1. The molecule has 5 nitrogen and oxygen atoms in total. The Morgan fingerprint density at radius 3 is 2.71 bits per heavy atom. The SMILES string of the molecule is CC1(C)C2CCC1(C)C(NC(=O)c1ccc(-n3ccnc3)nc1)C2. The molecule has 0 radical (unpaired) electrons. The van der Waals surface area contributed by atoms with Crippen molar-refractivity contribution in [2.24, 2.45) is 16.7 Å². The van der Waals surface area contributed by atoms with Crippen LogP contribution in [-0.2, 0) is 0 Å². The number of pyridine rings is 1. The second kappa shape index (κ2) is 5.16. The minimum atomic E-state index is -0.0192. The predicted molar refractivity (Wildman–Crippen MR) is 91.8 cm³/mol. The van der Waals surface area contributed by atoms with E-state index in [1.54, 1.807) is 18.7 Å². The summed E-state index contributed by atoms with van der Waals surface area (Å²) in [5.41, 5.74) is 1.11. The van der Waals surface area contributed by atoms with Crippen LogP contribution < -0.4 is 5.32 Å². The zero-order valence-electron chi connectivity index (χ0n) is 14.5. The molecular weight excluding hydrogens is 300 g/mol. The van der Waals surface area contributed by atoms with E-state index in [-0.39, 0.29) is 17.4 Å². The van der Waals surface area contributed by atoms with Crippen molar-refractivity contribution in [1.82, 2.24) is 19.9 Å². The molecule has 2 aliphatic rings. The van der Waals surface area contributed by atoms with Crippen LogP contribution in [0.4, 0.5) is 0 Å². The van der Waals surface area contributed by atoms with Gasteiger partial charge in [-0.1, -0.05) is 20.8 Å². The fourth-order valence-electron chi connectivity index (χ4n) is 4.73. The Balaban J connectivity index is 1.49. The van der Waals surface area contributed by atoms with E-state index in [9.17, 15) is 4.79 Å². The van der Waals surface area contributed by atoms with Crippen molar-refractivity contribution in [3.63, 3.8) is 0 Å². The molecule has 1 N–H and O–H groups in total. The number of hydrogen-bond donors (Lipinski definition) is 1. The summed E-state index contributed by atoms with van der Waals surface area (Å²) >= 11 is 0. The first kappa shape index (κ1) is 15.4. The van der Waals surface area contributed by atoms with Gasteiger partial charge in [0, 0.05) is 24.6 Å². The number of amides is 1. The second-order valence-corrected chi connectivity index (χ2v) is 8.01. The molecule has 126 valence electrons. The summed E-state index contributed by atoms with van der Waals surface area (Å²) in [6.07, 6.45) is 10.5. The molecule has 24 heavy (non-hydrogen) atoms. The zero-order valence-corrected chi connectivity index (χ0v) is 14.5. The van der Waals surface area contributed by atoms with Crippen LogP contribution in [0.2, 0.25) is 0 Å². The standard InChI is InChI=1S/C19H24N4O/c1-18(2)14-6-7-19(18,3)15(10-14)22-17(24)13-4-5-16(21-11-13)23-9-8-20-12-23/h4-5,8-9,11-12,14-15H,6-7,10H2,1-3H3,(H,22,24). The van der Waals surface area contributed by atoms with E-state index in [0.29, 0.717) is 11.0 Å². The van der Waals surface area contributed by atoms with Gasteiger partial charge in [0.2, 0.25) is 0 Å². The molecule has 0 spiro atoms. The normalized spacial score (nSPS) is 30.5. The zero-order chi connectivity index (χ0) is 16.9. The number of imidazole rings is 1. The molecule has 2 saturated carbocycles. The predicted octanol–water partition coefficient (Wildman–Crippen LogP) is 3.21. The van der Waals surface area contributed by atoms with E-state index in [4.69, 9.17) is 0 Å². The van der Waals surface area contributed by atoms with Gasteiger partial charge in [0.25, 0.3) is 5.91 Å². The van der Waals surface area contributed by atoms with Gasteiger partial charge < -0.3 is 5.32 Å². The van der Waals surface area contributed by atoms with E-state index in [1.807, 2.05) is 22.9 Å². The molecule has 0 aromatic carbocycles. The minimum absolute atomic E-state index is 0.0192. The Bertz CT molecular complexity index is 750. The van der Waals surface area contributed by atoms with Crippen molar-refractivity contribution in [1.29, 1.82) is 0 Å². The molecule has 0 saturated heterocycles. The van der Waals surface area contributed by atoms with E-state index in [1.165, 1.54) is 12.8 Å². The van der Waals surface area contributed by atoms with Gasteiger partial charge in [0.05, 0.1) is 5.56 Å². The molecule has 2 aromatic rings. The highest BCUT2D eigenvalue weighted by molar-refractivity contribution is 5.94. The van der Waals surface area contributed by atoms with Crippen molar-refractivity contribution in [3.8, 4) is 5.82 Å². The lowest BCUT2D eigenvalue weighted by molar-refractivity contribution is 0.0826. The van der Waals surface area contributed by atoms with E-state index < -0.39 is 0 Å². The summed E-state index contributed by atoms with van der Waals surface area (Å²) in [5, 5.41) is 3.28. The second-order valence-electron chi connectivity index (χ2n) is 8.01. The smallest absolute Gasteiger partial charge is 0.253 e. The number of carbonyl (C=O) groups is 1. The Morgan fingerprint density at radius 1 is 1.33 bits per heavy atom. The number of nitrogens with zero attached hydrogens (tertiary/aromatic N) is 3. The monoisotopic (exact) mass is 324 g/mol. The van der Waals surface area contributed by atoms with Gasteiger partial charge in [-0.3, -0.25) is 9.36 Å². The maximum absolute atomic E-state index is 12.7. The highest BCUT2D eigenvalue weighted by atomic mass is 16.1. The number of fused-ring (bicyclic) bond motifs is 2. The van der Waals surface area contributed by atoms with Gasteiger partial charge in [-0.15, -0.1) is 0 Å². The van der Waals surface area contributed by atoms with Gasteiger partial charge in [-0.25, -0.2) is 9.97 Å². The average Bonchev–Trinajstić information content (AvgIpc) is 3.22. The minimum Gasteiger partial charge on any atom is -0.349 e. The van der Waals surface area contributed by atoms with Crippen LogP contribution >= 0.6 is 0 Å². The maximum Gasteiger partial charge on any atom is 0.253 e. The summed E-state index contributed by atoms with van der Waals surface area (Å²) in [6.45, 7) is 7.06. The van der Waals surface area contributed by atoms with Crippen molar-refractivity contribution in [2.45, 2.75) is 46.1 Å². The summed E-state index contributed by atoms with van der Waals surface area (Å²) in [5.74, 6) is 1.46. The highest BCUT2D eigenvalue weighted by Crippen LogP contribution is 2.65. The van der Waals surface area contributed by atoms with Crippen molar-refractivity contribution in [2.75, 3.05) is 0 Å². The number of nitrogens with one attached hydrogen (secondary N) is 1. The quantitative estimate of drug-likeness (QED) is 0.943. The fraction of sp³-hybridized carbons (Fsp3) is 0.526. The summed E-state index contributed by atoms with van der Waals surface area (Å²) in [7, 11) is 0. The number of aromatic nitrogens is 3. The van der Waals surface area contributed by atoms with Crippen LogP contribution in [0.5, 0.6) is 0 Å². The van der Waals surface area contributed by atoms with Crippen LogP contribution in [0.25, 0.3) is 5.82 Å². The molecule has 3 atom stereocenters. The largest absolute Gasteiger partial charge is 0.349 e. The van der Waals surface area contributed by atoms with Gasteiger partial charge in [-0.05, 0) is 48.1 Å². The Hall–Kier alpha value is -2.17. The fourth-order valence-corrected chi connectivity index (χ4v) is 4.73.